The zero-order valence-corrected chi connectivity index (χ0v) is 11.6. The van der Waals surface area contributed by atoms with Gasteiger partial charge in [0.25, 0.3) is 0 Å². The van der Waals surface area contributed by atoms with Crippen LogP contribution < -0.4 is 0 Å². The Hall–Kier alpha value is -1.96. The number of allylic oxidation sites excluding steroid dienone is 4. The van der Waals surface area contributed by atoms with E-state index in [0.717, 1.165) is 11.4 Å². The first-order chi connectivity index (χ1) is 8.84. The summed E-state index contributed by atoms with van der Waals surface area (Å²) in [6.45, 7) is 8.00. The molecule has 0 fully saturated rings. The lowest BCUT2D eigenvalue weighted by Crippen LogP contribution is -1.98. The van der Waals surface area contributed by atoms with E-state index in [2.05, 4.69) is 4.99 Å². The minimum Gasteiger partial charge on any atom is -0.290 e. The van der Waals surface area contributed by atoms with Gasteiger partial charge in [-0.2, -0.15) is 0 Å². The molecule has 0 heterocycles. The lowest BCUT2D eigenvalue weighted by molar-refractivity contribution is -0.110. The van der Waals surface area contributed by atoms with Crippen LogP contribution in [0.25, 0.3) is 0 Å². The predicted molar refractivity (Wildman–Crippen MR) is 79.5 cm³/mol. The zero-order chi connectivity index (χ0) is 13.8. The Morgan fingerprint density at radius 2 is 1.28 bits per heavy atom. The van der Waals surface area contributed by atoms with Crippen LogP contribution in [0.4, 0.5) is 5.69 Å². The molecule has 2 heteroatoms. The van der Waals surface area contributed by atoms with Crippen molar-refractivity contribution in [1.82, 2.24) is 0 Å². The highest BCUT2D eigenvalue weighted by Crippen LogP contribution is 2.11. The summed E-state index contributed by atoms with van der Waals surface area (Å²) in [7, 11) is 0. The summed E-state index contributed by atoms with van der Waals surface area (Å²) in [4.78, 5) is 15.2. The number of benzene rings is 1. The maximum absolute atomic E-state index is 10.8. The standard InChI is InChI=1S/C12H9NO.2C2H6/c14-12-8-6-11(7-9-12)13-10-4-2-1-3-5-10;2*1-2/h1-9H;2*1-2H3. The van der Waals surface area contributed by atoms with E-state index < -0.39 is 0 Å². The van der Waals surface area contributed by atoms with E-state index >= 15 is 0 Å². The quantitative estimate of drug-likeness (QED) is 0.667. The molecular weight excluding hydrogens is 222 g/mol. The van der Waals surface area contributed by atoms with Crippen LogP contribution in [0.5, 0.6) is 0 Å². The Kier molecular flexibility index (Phi) is 9.10. The van der Waals surface area contributed by atoms with Gasteiger partial charge in [-0.25, -0.2) is 4.99 Å². The molecule has 2 rings (SSSR count). The van der Waals surface area contributed by atoms with E-state index in [1.807, 2.05) is 58.0 Å². The van der Waals surface area contributed by atoms with Crippen molar-refractivity contribution in [1.29, 1.82) is 0 Å². The number of nitrogens with zero attached hydrogens (tertiary/aromatic N) is 1. The van der Waals surface area contributed by atoms with Crippen LogP contribution in [0.15, 0.2) is 59.6 Å². The highest BCUT2D eigenvalue weighted by molar-refractivity contribution is 6.17. The summed E-state index contributed by atoms with van der Waals surface area (Å²) in [5.41, 5.74) is 1.70. The molecular formula is C16H21NO. The third-order valence-corrected chi connectivity index (χ3v) is 1.85. The summed E-state index contributed by atoms with van der Waals surface area (Å²) < 4.78 is 0. The third kappa shape index (κ3) is 5.94. The van der Waals surface area contributed by atoms with E-state index in [1.54, 1.807) is 12.2 Å². The molecule has 96 valence electrons. The second-order valence-electron chi connectivity index (χ2n) is 2.94. The summed E-state index contributed by atoms with van der Waals surface area (Å²) in [6.07, 6.45) is 6.47. The van der Waals surface area contributed by atoms with Crippen molar-refractivity contribution in [2.24, 2.45) is 4.99 Å². The average Bonchev–Trinajstić information content (AvgIpc) is 2.47. The van der Waals surface area contributed by atoms with Crippen molar-refractivity contribution in [3.05, 3.63) is 54.6 Å². The fourth-order valence-corrected chi connectivity index (χ4v) is 1.17. The first kappa shape index (κ1) is 16.0. The molecule has 1 aromatic rings. The van der Waals surface area contributed by atoms with Crippen LogP contribution in [-0.4, -0.2) is 11.5 Å². The summed E-state index contributed by atoms with van der Waals surface area (Å²) >= 11 is 0. The Bertz CT molecular complexity index is 410. The SMILES string of the molecule is CC.CC.O=C1C=CC(=Nc2ccccc2)C=C1. The van der Waals surface area contributed by atoms with Gasteiger partial charge in [-0.05, 0) is 36.4 Å². The molecule has 0 amide bonds. The molecule has 0 spiro atoms. The van der Waals surface area contributed by atoms with Crippen molar-refractivity contribution >= 4 is 17.2 Å². The van der Waals surface area contributed by atoms with Gasteiger partial charge in [0.05, 0.1) is 11.4 Å². The number of ketones is 1. The van der Waals surface area contributed by atoms with E-state index in [4.69, 9.17) is 0 Å². The molecule has 1 aliphatic carbocycles. The second-order valence-corrected chi connectivity index (χ2v) is 2.94. The molecule has 0 N–H and O–H groups in total. The normalized spacial score (nSPS) is 12.0. The molecule has 0 bridgehead atoms. The maximum atomic E-state index is 10.8. The third-order valence-electron chi connectivity index (χ3n) is 1.85. The van der Waals surface area contributed by atoms with Gasteiger partial charge in [-0.3, -0.25) is 4.79 Å². The van der Waals surface area contributed by atoms with Gasteiger partial charge in [-0.1, -0.05) is 45.9 Å². The molecule has 0 radical (unpaired) electrons. The summed E-state index contributed by atoms with van der Waals surface area (Å²) in [6, 6.07) is 9.65. The number of hydrogen-bond donors (Lipinski definition) is 0. The Balaban J connectivity index is 0.000000659. The highest BCUT2D eigenvalue weighted by Gasteiger charge is 1.98. The molecule has 0 unspecified atom stereocenters. The molecule has 1 aromatic carbocycles. The lowest BCUT2D eigenvalue weighted by Gasteiger charge is -1.98. The van der Waals surface area contributed by atoms with Crippen molar-refractivity contribution in [2.45, 2.75) is 27.7 Å². The van der Waals surface area contributed by atoms with Crippen molar-refractivity contribution < 1.29 is 4.79 Å². The fraction of sp³-hybridized carbons (Fsp3) is 0.250. The van der Waals surface area contributed by atoms with E-state index in [0.29, 0.717) is 0 Å². The predicted octanol–water partition coefficient (Wildman–Crippen LogP) is 4.51. The Labute approximate surface area is 110 Å². The first-order valence-electron chi connectivity index (χ1n) is 6.38. The summed E-state index contributed by atoms with van der Waals surface area (Å²) in [5, 5.41) is 0. The fourth-order valence-electron chi connectivity index (χ4n) is 1.17. The molecule has 18 heavy (non-hydrogen) atoms. The van der Waals surface area contributed by atoms with E-state index in [-0.39, 0.29) is 5.78 Å². The minimum atomic E-state index is 0.0111. The van der Waals surface area contributed by atoms with Gasteiger partial charge in [0.15, 0.2) is 5.78 Å². The number of carbonyl (C=O) groups excluding carboxylic acids is 1. The Morgan fingerprint density at radius 1 is 0.778 bits per heavy atom. The average molecular weight is 243 g/mol. The number of carbonyl (C=O) groups is 1. The number of para-hydroxylation sites is 1. The van der Waals surface area contributed by atoms with Crippen LogP contribution in [0, 0.1) is 0 Å². The topological polar surface area (TPSA) is 29.4 Å². The molecule has 0 saturated heterocycles. The van der Waals surface area contributed by atoms with Gasteiger partial charge in [0.1, 0.15) is 0 Å². The van der Waals surface area contributed by atoms with Gasteiger partial charge in [0, 0.05) is 0 Å². The molecule has 1 aliphatic rings. The highest BCUT2D eigenvalue weighted by atomic mass is 16.1. The smallest absolute Gasteiger partial charge is 0.178 e. The Morgan fingerprint density at radius 3 is 1.78 bits per heavy atom. The van der Waals surface area contributed by atoms with E-state index in [1.165, 1.54) is 12.2 Å². The number of rotatable bonds is 1. The minimum absolute atomic E-state index is 0.0111. The van der Waals surface area contributed by atoms with Crippen molar-refractivity contribution in [2.75, 3.05) is 0 Å². The van der Waals surface area contributed by atoms with Gasteiger partial charge in [-0.15, -0.1) is 0 Å². The molecule has 0 saturated carbocycles. The van der Waals surface area contributed by atoms with Crippen LogP contribution in [0.3, 0.4) is 0 Å². The lowest BCUT2D eigenvalue weighted by atomic mass is 10.1. The number of hydrogen-bond acceptors (Lipinski definition) is 2. The van der Waals surface area contributed by atoms with Gasteiger partial charge in [0.2, 0.25) is 0 Å². The summed E-state index contributed by atoms with van der Waals surface area (Å²) in [5.74, 6) is 0.0111. The largest absolute Gasteiger partial charge is 0.290 e. The molecule has 0 atom stereocenters. The molecule has 0 aliphatic heterocycles. The van der Waals surface area contributed by atoms with Crippen LogP contribution in [0.1, 0.15) is 27.7 Å². The monoisotopic (exact) mass is 243 g/mol. The van der Waals surface area contributed by atoms with Crippen molar-refractivity contribution in [3.8, 4) is 0 Å². The number of aliphatic imine (C=N–C) groups is 1. The van der Waals surface area contributed by atoms with Gasteiger partial charge < -0.3 is 0 Å². The van der Waals surface area contributed by atoms with Gasteiger partial charge >= 0.3 is 0 Å². The molecule has 0 aromatic heterocycles. The van der Waals surface area contributed by atoms with E-state index in [9.17, 15) is 4.79 Å². The first-order valence-corrected chi connectivity index (χ1v) is 6.38. The molecule has 2 nitrogen and oxygen atoms in total. The van der Waals surface area contributed by atoms with Crippen LogP contribution >= 0.6 is 0 Å². The van der Waals surface area contributed by atoms with Crippen LogP contribution in [0.2, 0.25) is 0 Å². The van der Waals surface area contributed by atoms with Crippen LogP contribution in [-0.2, 0) is 4.79 Å². The zero-order valence-electron chi connectivity index (χ0n) is 11.6. The maximum Gasteiger partial charge on any atom is 0.178 e. The second kappa shape index (κ2) is 10.2. The van der Waals surface area contributed by atoms with Crippen molar-refractivity contribution in [3.63, 3.8) is 0 Å².